The third kappa shape index (κ3) is 3.30. The zero-order valence-corrected chi connectivity index (χ0v) is 13.7. The SMILES string of the molecule is COC(=O)c1cc(-c2ccccc2)n(-c2ccccc2)c1CC(=O)O. The fraction of sp³-hybridized carbons (Fsp3) is 0.100. The molecule has 1 aromatic heterocycles. The third-order valence-corrected chi connectivity index (χ3v) is 3.91. The maximum Gasteiger partial charge on any atom is 0.339 e. The molecule has 1 heterocycles. The summed E-state index contributed by atoms with van der Waals surface area (Å²) in [6.45, 7) is 0. The zero-order chi connectivity index (χ0) is 17.8. The number of aromatic nitrogens is 1. The van der Waals surface area contributed by atoms with Crippen LogP contribution in [-0.4, -0.2) is 28.7 Å². The van der Waals surface area contributed by atoms with Crippen molar-refractivity contribution in [3.05, 3.63) is 78.0 Å². The van der Waals surface area contributed by atoms with Crippen molar-refractivity contribution in [3.8, 4) is 16.9 Å². The molecule has 3 rings (SSSR count). The van der Waals surface area contributed by atoms with Crippen molar-refractivity contribution in [1.82, 2.24) is 4.57 Å². The molecule has 0 aliphatic carbocycles. The number of carbonyl (C=O) groups is 2. The number of benzene rings is 2. The van der Waals surface area contributed by atoms with Crippen LogP contribution in [-0.2, 0) is 16.0 Å². The summed E-state index contributed by atoms with van der Waals surface area (Å²) in [5.41, 5.74) is 3.06. The van der Waals surface area contributed by atoms with Gasteiger partial charge in [0.2, 0.25) is 0 Å². The minimum Gasteiger partial charge on any atom is -0.481 e. The van der Waals surface area contributed by atoms with Crippen LogP contribution in [0, 0.1) is 0 Å². The van der Waals surface area contributed by atoms with Crippen LogP contribution in [0.3, 0.4) is 0 Å². The summed E-state index contributed by atoms with van der Waals surface area (Å²) in [5.74, 6) is -1.57. The fourth-order valence-corrected chi connectivity index (χ4v) is 2.85. The van der Waals surface area contributed by atoms with Gasteiger partial charge in [0.1, 0.15) is 0 Å². The molecule has 0 spiro atoms. The number of methoxy groups -OCH3 is 1. The van der Waals surface area contributed by atoms with E-state index < -0.39 is 11.9 Å². The van der Waals surface area contributed by atoms with Crippen LogP contribution in [0.2, 0.25) is 0 Å². The first-order valence-electron chi connectivity index (χ1n) is 7.77. The Kier molecular flexibility index (Phi) is 4.66. The molecule has 5 nitrogen and oxygen atoms in total. The Morgan fingerprint density at radius 3 is 2.16 bits per heavy atom. The Morgan fingerprint density at radius 2 is 1.60 bits per heavy atom. The molecule has 0 fully saturated rings. The fourth-order valence-electron chi connectivity index (χ4n) is 2.85. The van der Waals surface area contributed by atoms with Crippen LogP contribution < -0.4 is 0 Å². The Labute approximate surface area is 145 Å². The molecule has 126 valence electrons. The lowest BCUT2D eigenvalue weighted by Gasteiger charge is -2.13. The molecule has 1 N–H and O–H groups in total. The Hall–Kier alpha value is -3.34. The Bertz CT molecular complexity index is 898. The lowest BCUT2D eigenvalue weighted by molar-refractivity contribution is -0.136. The summed E-state index contributed by atoms with van der Waals surface area (Å²) < 4.78 is 6.65. The molecule has 0 aliphatic rings. The van der Waals surface area contributed by atoms with Crippen LogP contribution in [0.4, 0.5) is 0 Å². The number of para-hydroxylation sites is 1. The molecule has 2 aromatic carbocycles. The van der Waals surface area contributed by atoms with Crippen molar-refractivity contribution in [1.29, 1.82) is 0 Å². The largest absolute Gasteiger partial charge is 0.481 e. The number of carboxylic acids is 1. The van der Waals surface area contributed by atoms with Gasteiger partial charge in [0.25, 0.3) is 0 Å². The molecule has 25 heavy (non-hydrogen) atoms. The van der Waals surface area contributed by atoms with Crippen molar-refractivity contribution in [2.24, 2.45) is 0 Å². The first kappa shape index (κ1) is 16.5. The van der Waals surface area contributed by atoms with Gasteiger partial charge < -0.3 is 14.4 Å². The van der Waals surface area contributed by atoms with Crippen molar-refractivity contribution in [3.63, 3.8) is 0 Å². The van der Waals surface area contributed by atoms with E-state index >= 15 is 0 Å². The quantitative estimate of drug-likeness (QED) is 0.724. The second-order valence-electron chi connectivity index (χ2n) is 5.49. The molecule has 0 aliphatic heterocycles. The van der Waals surface area contributed by atoms with E-state index in [2.05, 4.69) is 0 Å². The summed E-state index contributed by atoms with van der Waals surface area (Å²) in [6, 6.07) is 20.6. The summed E-state index contributed by atoms with van der Waals surface area (Å²) in [5, 5.41) is 9.33. The number of nitrogens with zero attached hydrogens (tertiary/aromatic N) is 1. The van der Waals surface area contributed by atoms with Crippen LogP contribution in [0.25, 0.3) is 16.9 Å². The number of carboxylic acid groups (broad SMARTS) is 1. The molecule has 0 bridgehead atoms. The van der Waals surface area contributed by atoms with E-state index in [1.807, 2.05) is 60.7 Å². The van der Waals surface area contributed by atoms with Gasteiger partial charge >= 0.3 is 11.9 Å². The van der Waals surface area contributed by atoms with Gasteiger partial charge in [-0.05, 0) is 23.8 Å². The lowest BCUT2D eigenvalue weighted by atomic mass is 10.1. The predicted molar refractivity (Wildman–Crippen MR) is 93.9 cm³/mol. The minimum absolute atomic E-state index is 0.257. The Morgan fingerprint density at radius 1 is 1.00 bits per heavy atom. The van der Waals surface area contributed by atoms with E-state index in [1.165, 1.54) is 7.11 Å². The average molecular weight is 335 g/mol. The van der Waals surface area contributed by atoms with Crippen molar-refractivity contribution in [2.45, 2.75) is 6.42 Å². The van der Waals surface area contributed by atoms with Crippen LogP contribution >= 0.6 is 0 Å². The molecule has 5 heteroatoms. The summed E-state index contributed by atoms with van der Waals surface area (Å²) in [6.07, 6.45) is -0.286. The first-order chi connectivity index (χ1) is 12.1. The van der Waals surface area contributed by atoms with Crippen LogP contribution in [0.5, 0.6) is 0 Å². The monoisotopic (exact) mass is 335 g/mol. The standard InChI is InChI=1S/C20H17NO4/c1-25-20(24)16-12-17(14-8-4-2-5-9-14)21(18(16)13-19(22)23)15-10-6-3-7-11-15/h2-12H,13H2,1H3,(H,22,23). The van der Waals surface area contributed by atoms with Gasteiger partial charge in [0.15, 0.2) is 0 Å². The van der Waals surface area contributed by atoms with Crippen LogP contribution in [0.15, 0.2) is 66.7 Å². The van der Waals surface area contributed by atoms with Crippen molar-refractivity contribution >= 4 is 11.9 Å². The highest BCUT2D eigenvalue weighted by atomic mass is 16.5. The van der Waals surface area contributed by atoms with E-state index in [9.17, 15) is 14.7 Å². The maximum absolute atomic E-state index is 12.2. The van der Waals surface area contributed by atoms with E-state index in [-0.39, 0.29) is 12.0 Å². The second kappa shape index (κ2) is 7.05. The predicted octanol–water partition coefficient (Wildman–Crippen LogP) is 3.56. The molecule has 0 saturated carbocycles. The molecular formula is C20H17NO4. The van der Waals surface area contributed by atoms with Gasteiger partial charge in [0.05, 0.1) is 24.8 Å². The highest BCUT2D eigenvalue weighted by molar-refractivity contribution is 5.94. The number of carbonyl (C=O) groups excluding carboxylic acids is 1. The number of aliphatic carboxylic acids is 1. The van der Waals surface area contributed by atoms with Gasteiger partial charge in [-0.1, -0.05) is 48.5 Å². The maximum atomic E-state index is 12.2. The minimum atomic E-state index is -1.01. The van der Waals surface area contributed by atoms with Crippen molar-refractivity contribution < 1.29 is 19.4 Å². The molecule has 0 atom stereocenters. The molecule has 3 aromatic rings. The zero-order valence-electron chi connectivity index (χ0n) is 13.7. The number of esters is 1. The topological polar surface area (TPSA) is 68.5 Å². The van der Waals surface area contributed by atoms with Gasteiger partial charge in [0, 0.05) is 11.4 Å². The molecule has 0 amide bonds. The van der Waals surface area contributed by atoms with E-state index in [0.29, 0.717) is 5.69 Å². The number of ether oxygens (including phenoxy) is 1. The Balaban J connectivity index is 2.32. The molecule has 0 unspecified atom stereocenters. The number of hydrogen-bond acceptors (Lipinski definition) is 3. The third-order valence-electron chi connectivity index (χ3n) is 3.91. The van der Waals surface area contributed by atoms with Gasteiger partial charge in [-0.15, -0.1) is 0 Å². The number of rotatable bonds is 5. The number of hydrogen-bond donors (Lipinski definition) is 1. The first-order valence-corrected chi connectivity index (χ1v) is 7.77. The highest BCUT2D eigenvalue weighted by Gasteiger charge is 2.24. The van der Waals surface area contributed by atoms with Gasteiger partial charge in [-0.25, -0.2) is 4.79 Å². The normalized spacial score (nSPS) is 10.4. The molecule has 0 saturated heterocycles. The van der Waals surface area contributed by atoms with E-state index in [0.717, 1.165) is 16.9 Å². The van der Waals surface area contributed by atoms with Gasteiger partial charge in [-0.2, -0.15) is 0 Å². The summed E-state index contributed by atoms with van der Waals surface area (Å²) in [7, 11) is 1.29. The van der Waals surface area contributed by atoms with Gasteiger partial charge in [-0.3, -0.25) is 4.79 Å². The molecular weight excluding hydrogens is 318 g/mol. The highest BCUT2D eigenvalue weighted by Crippen LogP contribution is 2.30. The van der Waals surface area contributed by atoms with E-state index in [4.69, 9.17) is 4.74 Å². The summed E-state index contributed by atoms with van der Waals surface area (Å²) in [4.78, 5) is 23.6. The lowest BCUT2D eigenvalue weighted by Crippen LogP contribution is -2.12. The average Bonchev–Trinajstić information content (AvgIpc) is 3.01. The summed E-state index contributed by atoms with van der Waals surface area (Å²) >= 11 is 0. The van der Waals surface area contributed by atoms with E-state index in [1.54, 1.807) is 10.6 Å². The van der Waals surface area contributed by atoms with Crippen LogP contribution in [0.1, 0.15) is 16.1 Å². The second-order valence-corrected chi connectivity index (χ2v) is 5.49. The smallest absolute Gasteiger partial charge is 0.339 e. The molecule has 0 radical (unpaired) electrons. The van der Waals surface area contributed by atoms with Crippen molar-refractivity contribution in [2.75, 3.05) is 7.11 Å².